The molecular formula is C22H17N3O2S2. The van der Waals surface area contributed by atoms with Crippen LogP contribution in [0.1, 0.15) is 28.8 Å². The third kappa shape index (κ3) is 3.47. The predicted octanol–water partition coefficient (Wildman–Crippen LogP) is 6.56. The minimum absolute atomic E-state index is 0.0869. The zero-order chi connectivity index (χ0) is 19.8. The van der Waals surface area contributed by atoms with Gasteiger partial charge in [0.2, 0.25) is 0 Å². The van der Waals surface area contributed by atoms with Crippen LogP contribution in [-0.2, 0) is 12.8 Å². The molecule has 0 spiro atoms. The fourth-order valence-electron chi connectivity index (χ4n) is 3.66. The van der Waals surface area contributed by atoms with Gasteiger partial charge in [-0.1, -0.05) is 12.1 Å². The molecule has 0 saturated heterocycles. The molecule has 2 aromatic heterocycles. The molecule has 7 heteroatoms. The highest BCUT2D eigenvalue weighted by atomic mass is 32.1. The second kappa shape index (κ2) is 7.50. The van der Waals surface area contributed by atoms with E-state index in [1.165, 1.54) is 45.7 Å². The number of aliphatic imine (C=N–C) groups is 1. The summed E-state index contributed by atoms with van der Waals surface area (Å²) in [5.41, 5.74) is 4.52. The Kier molecular flexibility index (Phi) is 4.69. The molecule has 5 nitrogen and oxygen atoms in total. The SMILES string of the molecule is O=[N+]([O-])c1ccc(/C=N/c2sc3c(c2-c2nc4ccccc4s2)CCCC3)cc1. The molecule has 0 unspecified atom stereocenters. The number of hydrogen-bond acceptors (Lipinski definition) is 6. The molecule has 0 atom stereocenters. The third-order valence-corrected chi connectivity index (χ3v) is 7.35. The minimum Gasteiger partial charge on any atom is -0.258 e. The van der Waals surface area contributed by atoms with Crippen molar-refractivity contribution in [2.75, 3.05) is 0 Å². The van der Waals surface area contributed by atoms with Gasteiger partial charge < -0.3 is 0 Å². The van der Waals surface area contributed by atoms with Crippen LogP contribution in [0, 0.1) is 10.1 Å². The summed E-state index contributed by atoms with van der Waals surface area (Å²) in [7, 11) is 0. The highest BCUT2D eigenvalue weighted by Gasteiger charge is 2.23. The topological polar surface area (TPSA) is 68.4 Å². The first-order valence-electron chi connectivity index (χ1n) is 9.48. The third-order valence-electron chi connectivity index (χ3n) is 5.10. The zero-order valence-corrected chi connectivity index (χ0v) is 17.1. The largest absolute Gasteiger partial charge is 0.269 e. The summed E-state index contributed by atoms with van der Waals surface area (Å²) in [5, 5.41) is 12.9. The van der Waals surface area contributed by atoms with Gasteiger partial charge in [-0.2, -0.15) is 0 Å². The van der Waals surface area contributed by atoms with E-state index in [0.717, 1.165) is 33.9 Å². The van der Waals surface area contributed by atoms with Crippen molar-refractivity contribution >= 4 is 49.8 Å². The number of thiazole rings is 1. The number of nitro groups is 1. The average molecular weight is 420 g/mol. The molecule has 4 aromatic rings. The van der Waals surface area contributed by atoms with Gasteiger partial charge in [-0.25, -0.2) is 9.98 Å². The normalized spacial score (nSPS) is 13.8. The number of nitro benzene ring substituents is 1. The fraction of sp³-hybridized carbons (Fsp3) is 0.182. The highest BCUT2D eigenvalue weighted by Crippen LogP contribution is 2.47. The van der Waals surface area contributed by atoms with Crippen molar-refractivity contribution in [1.29, 1.82) is 0 Å². The van der Waals surface area contributed by atoms with E-state index in [2.05, 4.69) is 6.07 Å². The van der Waals surface area contributed by atoms with Crippen LogP contribution >= 0.6 is 22.7 Å². The Morgan fingerprint density at radius 2 is 1.83 bits per heavy atom. The Morgan fingerprint density at radius 1 is 1.03 bits per heavy atom. The van der Waals surface area contributed by atoms with E-state index in [-0.39, 0.29) is 10.6 Å². The van der Waals surface area contributed by atoms with Crippen molar-refractivity contribution in [3.8, 4) is 10.6 Å². The van der Waals surface area contributed by atoms with Crippen LogP contribution in [-0.4, -0.2) is 16.1 Å². The minimum atomic E-state index is -0.389. The molecule has 0 amide bonds. The second-order valence-corrected chi connectivity index (χ2v) is 9.10. The Labute approximate surface area is 175 Å². The maximum atomic E-state index is 10.8. The Hall–Kier alpha value is -2.90. The van der Waals surface area contributed by atoms with Crippen LogP contribution in [0.4, 0.5) is 10.7 Å². The van der Waals surface area contributed by atoms with Crippen molar-refractivity contribution in [3.05, 3.63) is 74.6 Å². The van der Waals surface area contributed by atoms with E-state index in [1.807, 2.05) is 18.2 Å². The number of fused-ring (bicyclic) bond motifs is 2. The van der Waals surface area contributed by atoms with Gasteiger partial charge in [-0.15, -0.1) is 22.7 Å². The zero-order valence-electron chi connectivity index (χ0n) is 15.5. The molecular weight excluding hydrogens is 402 g/mol. The van der Waals surface area contributed by atoms with Gasteiger partial charge in [0.1, 0.15) is 10.0 Å². The molecule has 1 aliphatic rings. The molecule has 0 N–H and O–H groups in total. The van der Waals surface area contributed by atoms with Crippen LogP contribution in [0.3, 0.4) is 0 Å². The lowest BCUT2D eigenvalue weighted by Gasteiger charge is -2.11. The maximum Gasteiger partial charge on any atom is 0.269 e. The van der Waals surface area contributed by atoms with Gasteiger partial charge in [-0.05, 0) is 61.1 Å². The molecule has 2 aromatic carbocycles. The molecule has 0 saturated carbocycles. The van der Waals surface area contributed by atoms with E-state index in [1.54, 1.807) is 41.0 Å². The Bertz CT molecular complexity index is 1210. The van der Waals surface area contributed by atoms with Crippen LogP contribution < -0.4 is 0 Å². The summed E-state index contributed by atoms with van der Waals surface area (Å²) >= 11 is 3.47. The molecule has 0 fully saturated rings. The van der Waals surface area contributed by atoms with E-state index in [0.29, 0.717) is 0 Å². The number of benzene rings is 2. The van der Waals surface area contributed by atoms with E-state index in [4.69, 9.17) is 9.98 Å². The quantitative estimate of drug-likeness (QED) is 0.214. The van der Waals surface area contributed by atoms with Crippen LogP contribution in [0.25, 0.3) is 20.8 Å². The van der Waals surface area contributed by atoms with Crippen molar-refractivity contribution < 1.29 is 4.92 Å². The van der Waals surface area contributed by atoms with Crippen molar-refractivity contribution in [1.82, 2.24) is 4.98 Å². The molecule has 5 rings (SSSR count). The van der Waals surface area contributed by atoms with E-state index in [9.17, 15) is 10.1 Å². The molecule has 0 bridgehead atoms. The Morgan fingerprint density at radius 3 is 2.62 bits per heavy atom. The van der Waals surface area contributed by atoms with Crippen LogP contribution in [0.5, 0.6) is 0 Å². The lowest BCUT2D eigenvalue weighted by Crippen LogP contribution is -1.99. The van der Waals surface area contributed by atoms with Crippen molar-refractivity contribution in [2.45, 2.75) is 25.7 Å². The van der Waals surface area contributed by atoms with Crippen LogP contribution in [0.15, 0.2) is 53.5 Å². The standard InChI is InChI=1S/C22H17N3O2S2/c26-25(27)15-11-9-14(10-12-15)13-23-21-20(16-5-1-3-7-18(16)28-21)22-24-17-6-2-4-8-19(17)29-22/h2,4,6,8-13H,1,3,5,7H2/b23-13+. The van der Waals surface area contributed by atoms with E-state index >= 15 is 0 Å². The number of thiophene rings is 1. The first-order chi connectivity index (χ1) is 14.2. The summed E-state index contributed by atoms with van der Waals surface area (Å²) in [6.07, 6.45) is 6.39. The summed E-state index contributed by atoms with van der Waals surface area (Å²) in [5.74, 6) is 0. The highest BCUT2D eigenvalue weighted by molar-refractivity contribution is 7.22. The fourth-order valence-corrected chi connectivity index (χ4v) is 6.00. The maximum absolute atomic E-state index is 10.8. The molecule has 29 heavy (non-hydrogen) atoms. The number of rotatable bonds is 4. The van der Waals surface area contributed by atoms with Gasteiger partial charge in [0.05, 0.1) is 20.7 Å². The molecule has 2 heterocycles. The van der Waals surface area contributed by atoms with Crippen LogP contribution in [0.2, 0.25) is 0 Å². The number of aryl methyl sites for hydroxylation is 1. The van der Waals surface area contributed by atoms with Gasteiger partial charge in [0.15, 0.2) is 0 Å². The number of para-hydroxylation sites is 1. The number of non-ortho nitro benzene ring substituents is 1. The summed E-state index contributed by atoms with van der Waals surface area (Å²) in [6, 6.07) is 14.7. The number of aromatic nitrogens is 1. The molecule has 144 valence electrons. The predicted molar refractivity (Wildman–Crippen MR) is 120 cm³/mol. The lowest BCUT2D eigenvalue weighted by atomic mass is 9.96. The molecule has 0 aliphatic heterocycles. The average Bonchev–Trinajstić information content (AvgIpc) is 3.33. The summed E-state index contributed by atoms with van der Waals surface area (Å²) < 4.78 is 1.18. The lowest BCUT2D eigenvalue weighted by molar-refractivity contribution is -0.384. The van der Waals surface area contributed by atoms with Gasteiger partial charge in [0, 0.05) is 23.2 Å². The molecule has 0 radical (unpaired) electrons. The second-order valence-electron chi connectivity index (χ2n) is 6.98. The van der Waals surface area contributed by atoms with E-state index < -0.39 is 0 Å². The summed E-state index contributed by atoms with van der Waals surface area (Å²) in [4.78, 5) is 21.6. The Balaban J connectivity index is 1.57. The molecule has 1 aliphatic carbocycles. The van der Waals surface area contributed by atoms with Gasteiger partial charge >= 0.3 is 0 Å². The van der Waals surface area contributed by atoms with Gasteiger partial charge in [0.25, 0.3) is 5.69 Å². The monoisotopic (exact) mass is 419 g/mol. The first-order valence-corrected chi connectivity index (χ1v) is 11.1. The van der Waals surface area contributed by atoms with Crippen molar-refractivity contribution in [2.24, 2.45) is 4.99 Å². The smallest absolute Gasteiger partial charge is 0.258 e. The first kappa shape index (κ1) is 18.1. The number of nitrogens with zero attached hydrogens (tertiary/aromatic N) is 3. The summed E-state index contributed by atoms with van der Waals surface area (Å²) in [6.45, 7) is 0. The van der Waals surface area contributed by atoms with Crippen molar-refractivity contribution in [3.63, 3.8) is 0 Å². The number of hydrogen-bond donors (Lipinski definition) is 0. The van der Waals surface area contributed by atoms with Gasteiger partial charge in [-0.3, -0.25) is 10.1 Å².